The predicted molar refractivity (Wildman–Crippen MR) is 109 cm³/mol. The molecule has 0 aliphatic carbocycles. The van der Waals surface area contributed by atoms with Crippen molar-refractivity contribution < 1.29 is 4.79 Å². The molecule has 0 bridgehead atoms. The lowest BCUT2D eigenvalue weighted by atomic mass is 10.0. The number of aromatic nitrogens is 1. The van der Waals surface area contributed by atoms with Gasteiger partial charge in [-0.2, -0.15) is 0 Å². The zero-order valence-electron chi connectivity index (χ0n) is 14.4. The highest BCUT2D eigenvalue weighted by Gasteiger charge is 2.17. The Hall–Kier alpha value is -2.50. The van der Waals surface area contributed by atoms with E-state index < -0.39 is 0 Å². The molecule has 5 heteroatoms. The number of carbonyl (C=O) groups excluding carboxylic acids is 1. The quantitative estimate of drug-likeness (QED) is 0.477. The summed E-state index contributed by atoms with van der Waals surface area (Å²) in [6.45, 7) is 0.631. The molecule has 4 rings (SSSR count). The van der Waals surface area contributed by atoms with Crippen LogP contribution in [0.15, 0.2) is 66.0 Å². The summed E-state index contributed by atoms with van der Waals surface area (Å²) in [6, 6.07) is 20.1. The summed E-state index contributed by atoms with van der Waals surface area (Å²) in [5, 5.41) is 3.07. The number of benzene rings is 2. The average Bonchev–Trinajstić information content (AvgIpc) is 3.30. The topological polar surface area (TPSA) is 33.2 Å². The summed E-state index contributed by atoms with van der Waals surface area (Å²) in [6.07, 6.45) is 0.675. The molecule has 1 amide bonds. The molecular weight excluding hydrogens is 360 g/mol. The average molecular weight is 379 g/mol. The van der Waals surface area contributed by atoms with Gasteiger partial charge in [0.2, 0.25) is 0 Å². The minimum absolute atomic E-state index is 0.0510. The van der Waals surface area contributed by atoms with Gasteiger partial charge < -0.3 is 4.90 Å². The maximum absolute atomic E-state index is 13.0. The SMILES string of the molecule is CN(Cc1cccs1)C(=O)c1ccccc1Cc1nc2ccccc2s1. The predicted octanol–water partition coefficient (Wildman–Crippen LogP) is 5.22. The fourth-order valence-corrected chi connectivity index (χ4v) is 4.70. The highest BCUT2D eigenvalue weighted by Crippen LogP contribution is 2.25. The Kier molecular flexibility index (Phi) is 4.82. The van der Waals surface area contributed by atoms with Crippen LogP contribution < -0.4 is 0 Å². The van der Waals surface area contributed by atoms with Crippen molar-refractivity contribution in [2.45, 2.75) is 13.0 Å². The van der Waals surface area contributed by atoms with Crippen molar-refractivity contribution in [3.63, 3.8) is 0 Å². The summed E-state index contributed by atoms with van der Waals surface area (Å²) >= 11 is 3.36. The van der Waals surface area contributed by atoms with Crippen LogP contribution in [-0.2, 0) is 13.0 Å². The molecule has 4 aromatic rings. The zero-order chi connectivity index (χ0) is 17.9. The number of rotatable bonds is 5. The molecule has 0 aliphatic heterocycles. The van der Waals surface area contributed by atoms with Crippen molar-refractivity contribution in [3.8, 4) is 0 Å². The molecule has 3 nitrogen and oxygen atoms in total. The van der Waals surface area contributed by atoms with Gasteiger partial charge in [-0.1, -0.05) is 36.4 Å². The van der Waals surface area contributed by atoms with Crippen LogP contribution in [0.25, 0.3) is 10.2 Å². The van der Waals surface area contributed by atoms with E-state index in [-0.39, 0.29) is 5.91 Å². The number of para-hydroxylation sites is 1. The summed E-state index contributed by atoms with van der Waals surface area (Å²) < 4.78 is 1.18. The van der Waals surface area contributed by atoms with Crippen LogP contribution in [-0.4, -0.2) is 22.8 Å². The molecule has 0 aliphatic rings. The summed E-state index contributed by atoms with van der Waals surface area (Å²) in [7, 11) is 1.86. The van der Waals surface area contributed by atoms with Crippen LogP contribution in [0.5, 0.6) is 0 Å². The third-order valence-corrected chi connectivity index (χ3v) is 6.14. The van der Waals surface area contributed by atoms with Gasteiger partial charge >= 0.3 is 0 Å². The van der Waals surface area contributed by atoms with Gasteiger partial charge in [0.15, 0.2) is 0 Å². The smallest absolute Gasteiger partial charge is 0.254 e. The highest BCUT2D eigenvalue weighted by atomic mass is 32.1. The van der Waals surface area contributed by atoms with Gasteiger partial charge in [0.05, 0.1) is 21.8 Å². The third kappa shape index (κ3) is 3.54. The van der Waals surface area contributed by atoms with Crippen LogP contribution in [0.3, 0.4) is 0 Å². The second-order valence-electron chi connectivity index (χ2n) is 6.15. The molecule has 0 spiro atoms. The molecule has 0 atom stereocenters. The van der Waals surface area contributed by atoms with Crippen LogP contribution in [0, 0.1) is 0 Å². The Balaban J connectivity index is 1.58. The number of carbonyl (C=O) groups is 1. The Morgan fingerprint density at radius 2 is 1.85 bits per heavy atom. The normalized spacial score (nSPS) is 11.0. The fraction of sp³-hybridized carbons (Fsp3) is 0.143. The molecule has 2 heterocycles. The van der Waals surface area contributed by atoms with Gasteiger partial charge in [0, 0.05) is 23.9 Å². The van der Waals surface area contributed by atoms with Gasteiger partial charge in [0.1, 0.15) is 0 Å². The first-order chi connectivity index (χ1) is 12.7. The molecule has 0 radical (unpaired) electrons. The number of thiazole rings is 1. The maximum Gasteiger partial charge on any atom is 0.254 e. The standard InChI is InChI=1S/C21H18N2OS2/c1-23(14-16-8-6-12-25-16)21(24)17-9-3-2-7-15(17)13-20-22-18-10-4-5-11-19(18)26-20/h2-12H,13-14H2,1H3. The molecule has 2 aromatic carbocycles. The Labute approximate surface area is 160 Å². The van der Waals surface area contributed by atoms with E-state index in [4.69, 9.17) is 4.98 Å². The zero-order valence-corrected chi connectivity index (χ0v) is 16.0. The number of nitrogens with zero attached hydrogens (tertiary/aromatic N) is 2. The van der Waals surface area contributed by atoms with Crippen LogP contribution in [0.1, 0.15) is 25.8 Å². The Morgan fingerprint density at radius 3 is 2.65 bits per heavy atom. The maximum atomic E-state index is 13.0. The Morgan fingerprint density at radius 1 is 1.04 bits per heavy atom. The first-order valence-electron chi connectivity index (χ1n) is 8.41. The number of hydrogen-bond acceptors (Lipinski definition) is 4. The molecule has 0 saturated carbocycles. The minimum Gasteiger partial charge on any atom is -0.337 e. The lowest BCUT2D eigenvalue weighted by Gasteiger charge is -2.18. The molecule has 26 heavy (non-hydrogen) atoms. The van der Waals surface area contributed by atoms with Gasteiger partial charge in [-0.15, -0.1) is 22.7 Å². The van der Waals surface area contributed by atoms with E-state index in [0.717, 1.165) is 21.7 Å². The lowest BCUT2D eigenvalue weighted by Crippen LogP contribution is -2.26. The summed E-state index contributed by atoms with van der Waals surface area (Å²) in [4.78, 5) is 20.6. The van der Waals surface area contributed by atoms with Gasteiger partial charge in [-0.3, -0.25) is 4.79 Å². The fourth-order valence-electron chi connectivity index (χ4n) is 2.96. The second kappa shape index (κ2) is 7.40. The molecule has 130 valence electrons. The van der Waals surface area contributed by atoms with Crippen molar-refractivity contribution in [1.82, 2.24) is 9.88 Å². The molecule has 0 unspecified atom stereocenters. The van der Waals surface area contributed by atoms with Crippen molar-refractivity contribution in [1.29, 1.82) is 0 Å². The van der Waals surface area contributed by atoms with E-state index in [2.05, 4.69) is 12.1 Å². The number of thiophene rings is 1. The molecule has 0 N–H and O–H groups in total. The number of amides is 1. The molecule has 0 saturated heterocycles. The van der Waals surface area contributed by atoms with Gasteiger partial charge in [-0.05, 0) is 35.2 Å². The summed E-state index contributed by atoms with van der Waals surface area (Å²) in [5.74, 6) is 0.0510. The number of fused-ring (bicyclic) bond motifs is 1. The van der Waals surface area contributed by atoms with E-state index >= 15 is 0 Å². The van der Waals surface area contributed by atoms with E-state index in [1.54, 1.807) is 27.6 Å². The summed E-state index contributed by atoms with van der Waals surface area (Å²) in [5.41, 5.74) is 2.80. The van der Waals surface area contributed by atoms with Crippen molar-refractivity contribution in [3.05, 3.63) is 87.1 Å². The largest absolute Gasteiger partial charge is 0.337 e. The third-order valence-electron chi connectivity index (χ3n) is 4.25. The second-order valence-corrected chi connectivity index (χ2v) is 8.30. The van der Waals surface area contributed by atoms with Crippen molar-refractivity contribution in [2.24, 2.45) is 0 Å². The van der Waals surface area contributed by atoms with Crippen LogP contribution >= 0.6 is 22.7 Å². The molecule has 0 fully saturated rings. The van der Waals surface area contributed by atoms with Gasteiger partial charge in [-0.25, -0.2) is 4.98 Å². The van der Waals surface area contributed by atoms with Crippen LogP contribution in [0.4, 0.5) is 0 Å². The number of hydrogen-bond donors (Lipinski definition) is 0. The van der Waals surface area contributed by atoms with Gasteiger partial charge in [0.25, 0.3) is 5.91 Å². The van der Waals surface area contributed by atoms with E-state index in [9.17, 15) is 4.79 Å². The highest BCUT2D eigenvalue weighted by molar-refractivity contribution is 7.18. The van der Waals surface area contributed by atoms with Crippen molar-refractivity contribution >= 4 is 38.8 Å². The molecular formula is C21H18N2OS2. The Bertz CT molecular complexity index is 1000. The monoisotopic (exact) mass is 378 g/mol. The van der Waals surface area contributed by atoms with E-state index in [1.807, 2.05) is 61.0 Å². The minimum atomic E-state index is 0.0510. The first-order valence-corrected chi connectivity index (χ1v) is 10.1. The lowest BCUT2D eigenvalue weighted by molar-refractivity contribution is 0.0785. The van der Waals surface area contributed by atoms with E-state index in [0.29, 0.717) is 13.0 Å². The van der Waals surface area contributed by atoms with Crippen molar-refractivity contribution in [2.75, 3.05) is 7.05 Å². The van der Waals surface area contributed by atoms with Crippen LogP contribution in [0.2, 0.25) is 0 Å². The first kappa shape index (κ1) is 16.9. The molecule has 2 aromatic heterocycles. The van der Waals surface area contributed by atoms with E-state index in [1.165, 1.54) is 9.58 Å².